The minimum Gasteiger partial charge on any atom is -0.352 e. The van der Waals surface area contributed by atoms with E-state index in [2.05, 4.69) is 26.0 Å². The fourth-order valence-electron chi connectivity index (χ4n) is 3.89. The second kappa shape index (κ2) is 10.1. The molecule has 0 atom stereocenters. The van der Waals surface area contributed by atoms with E-state index in [4.69, 9.17) is 11.6 Å². The third-order valence-corrected chi connectivity index (χ3v) is 6.24. The van der Waals surface area contributed by atoms with Crippen LogP contribution in [-0.4, -0.2) is 77.2 Å². The van der Waals surface area contributed by atoms with Gasteiger partial charge in [-0.15, -0.1) is 0 Å². The van der Waals surface area contributed by atoms with Crippen molar-refractivity contribution in [2.75, 3.05) is 45.2 Å². The lowest BCUT2D eigenvalue weighted by Crippen LogP contribution is -2.49. The summed E-state index contributed by atoms with van der Waals surface area (Å²) >= 11 is 6.35. The Morgan fingerprint density at radius 3 is 2.49 bits per heavy atom. The minimum atomic E-state index is -0.182. The summed E-state index contributed by atoms with van der Waals surface area (Å²) in [6.45, 7) is 3.87. The van der Waals surface area contributed by atoms with Crippen LogP contribution < -0.4 is 4.90 Å². The van der Waals surface area contributed by atoms with Gasteiger partial charge in [0.05, 0.1) is 22.6 Å². The SMILES string of the molecule is Cc1nonc1CC(=O)N1CCN(c2ncc(-c3ccc(C(=O)N(C)C)c(Cl)c3)cc2C#N)CC1. The second-order valence-corrected chi connectivity index (χ2v) is 8.85. The number of nitrogens with zero attached hydrogens (tertiary/aromatic N) is 7. The number of rotatable bonds is 5. The molecule has 0 aliphatic carbocycles. The zero-order chi connectivity index (χ0) is 25.1. The number of pyridine rings is 1. The van der Waals surface area contributed by atoms with Crippen LogP contribution in [0, 0.1) is 18.3 Å². The number of carbonyl (C=O) groups is 2. The van der Waals surface area contributed by atoms with E-state index in [0.717, 1.165) is 11.1 Å². The summed E-state index contributed by atoms with van der Waals surface area (Å²) in [5.74, 6) is 0.351. The fraction of sp³-hybridized carbons (Fsp3) is 0.333. The molecule has 3 aromatic rings. The van der Waals surface area contributed by atoms with Gasteiger partial charge >= 0.3 is 0 Å². The van der Waals surface area contributed by atoms with E-state index in [0.29, 0.717) is 59.5 Å². The number of halogens is 1. The lowest BCUT2D eigenvalue weighted by Gasteiger charge is -2.35. The summed E-state index contributed by atoms with van der Waals surface area (Å²) in [5, 5.41) is 17.6. The van der Waals surface area contributed by atoms with Crippen LogP contribution in [0.5, 0.6) is 0 Å². The maximum atomic E-state index is 12.6. The molecule has 0 spiro atoms. The maximum Gasteiger partial charge on any atom is 0.254 e. The first-order valence-corrected chi connectivity index (χ1v) is 11.4. The first-order valence-electron chi connectivity index (χ1n) is 11.0. The van der Waals surface area contributed by atoms with Crippen LogP contribution in [0.1, 0.15) is 27.3 Å². The molecule has 10 nitrogen and oxygen atoms in total. The number of aryl methyl sites for hydroxylation is 1. The van der Waals surface area contributed by atoms with Crippen LogP contribution >= 0.6 is 11.6 Å². The minimum absolute atomic E-state index is 0.0414. The van der Waals surface area contributed by atoms with Gasteiger partial charge in [0.1, 0.15) is 23.3 Å². The standard InChI is InChI=1S/C24H24ClN7O3/c1-15-21(29-35-28-15)12-22(33)31-6-8-32(9-7-31)23-17(13-26)10-18(14-27-23)16-4-5-19(20(25)11-16)24(34)30(2)3/h4-5,10-11,14H,6-9,12H2,1-3H3. The Labute approximate surface area is 207 Å². The monoisotopic (exact) mass is 493 g/mol. The van der Waals surface area contributed by atoms with E-state index in [9.17, 15) is 14.9 Å². The molecule has 180 valence electrons. The molecule has 35 heavy (non-hydrogen) atoms. The van der Waals surface area contributed by atoms with Gasteiger partial charge in [-0.2, -0.15) is 5.26 Å². The highest BCUT2D eigenvalue weighted by atomic mass is 35.5. The Morgan fingerprint density at radius 1 is 1.14 bits per heavy atom. The predicted octanol–water partition coefficient (Wildman–Crippen LogP) is 2.56. The summed E-state index contributed by atoms with van der Waals surface area (Å²) in [6, 6.07) is 9.15. The molecule has 0 radical (unpaired) electrons. The number of benzene rings is 1. The van der Waals surface area contributed by atoms with E-state index in [1.54, 1.807) is 56.4 Å². The molecular formula is C24H24ClN7O3. The van der Waals surface area contributed by atoms with Crippen molar-refractivity contribution in [3.05, 3.63) is 58.0 Å². The third kappa shape index (κ3) is 5.10. The van der Waals surface area contributed by atoms with Crippen molar-refractivity contribution in [3.63, 3.8) is 0 Å². The molecule has 1 fully saturated rings. The summed E-state index contributed by atoms with van der Waals surface area (Å²) in [7, 11) is 3.33. The summed E-state index contributed by atoms with van der Waals surface area (Å²) in [4.78, 5) is 34.6. The first-order chi connectivity index (χ1) is 16.8. The van der Waals surface area contributed by atoms with Gasteiger partial charge in [-0.1, -0.05) is 28.0 Å². The van der Waals surface area contributed by atoms with Gasteiger partial charge in [0.15, 0.2) is 0 Å². The normalized spacial score (nSPS) is 13.5. The van der Waals surface area contributed by atoms with Crippen molar-refractivity contribution in [2.45, 2.75) is 13.3 Å². The number of nitriles is 1. The van der Waals surface area contributed by atoms with Crippen LogP contribution in [0.3, 0.4) is 0 Å². The van der Waals surface area contributed by atoms with Gasteiger partial charge in [0.25, 0.3) is 5.91 Å². The van der Waals surface area contributed by atoms with Crippen LogP contribution in [0.15, 0.2) is 35.1 Å². The van der Waals surface area contributed by atoms with Gasteiger partial charge in [0.2, 0.25) is 5.91 Å². The molecule has 3 heterocycles. The van der Waals surface area contributed by atoms with Crippen LogP contribution in [0.2, 0.25) is 5.02 Å². The molecule has 2 amide bonds. The molecule has 11 heteroatoms. The average molecular weight is 494 g/mol. The molecule has 0 bridgehead atoms. The molecule has 1 aliphatic rings. The van der Waals surface area contributed by atoms with E-state index < -0.39 is 0 Å². The smallest absolute Gasteiger partial charge is 0.254 e. The van der Waals surface area contributed by atoms with Crippen LogP contribution in [-0.2, 0) is 11.2 Å². The molecule has 2 aromatic heterocycles. The molecule has 1 saturated heterocycles. The van der Waals surface area contributed by atoms with E-state index >= 15 is 0 Å². The molecule has 0 unspecified atom stereocenters. The molecule has 0 saturated carbocycles. The highest BCUT2D eigenvalue weighted by Crippen LogP contribution is 2.29. The van der Waals surface area contributed by atoms with Crippen molar-refractivity contribution >= 4 is 29.2 Å². The van der Waals surface area contributed by atoms with Crippen molar-refractivity contribution in [2.24, 2.45) is 0 Å². The van der Waals surface area contributed by atoms with Gasteiger partial charge < -0.3 is 14.7 Å². The van der Waals surface area contributed by atoms with Crippen molar-refractivity contribution in [1.82, 2.24) is 25.1 Å². The Bertz CT molecular complexity index is 1310. The Hall–Kier alpha value is -3.97. The molecule has 1 aromatic carbocycles. The lowest BCUT2D eigenvalue weighted by molar-refractivity contribution is -0.130. The number of amides is 2. The van der Waals surface area contributed by atoms with Crippen molar-refractivity contribution in [3.8, 4) is 17.2 Å². The number of hydrogen-bond acceptors (Lipinski definition) is 8. The highest BCUT2D eigenvalue weighted by Gasteiger charge is 2.25. The second-order valence-electron chi connectivity index (χ2n) is 8.44. The highest BCUT2D eigenvalue weighted by molar-refractivity contribution is 6.34. The largest absolute Gasteiger partial charge is 0.352 e. The quantitative estimate of drug-likeness (QED) is 0.532. The zero-order valence-corrected chi connectivity index (χ0v) is 20.4. The Morgan fingerprint density at radius 2 is 1.89 bits per heavy atom. The van der Waals surface area contributed by atoms with E-state index in [1.807, 2.05) is 4.90 Å². The van der Waals surface area contributed by atoms with Gasteiger partial charge in [-0.25, -0.2) is 9.61 Å². The molecule has 4 rings (SSSR count). The number of hydrogen-bond donors (Lipinski definition) is 0. The van der Waals surface area contributed by atoms with Crippen molar-refractivity contribution in [1.29, 1.82) is 5.26 Å². The summed E-state index contributed by atoms with van der Waals surface area (Å²) in [5.41, 5.74) is 3.47. The van der Waals surface area contributed by atoms with Gasteiger partial charge in [0, 0.05) is 52.0 Å². The number of aromatic nitrogens is 3. The summed E-state index contributed by atoms with van der Waals surface area (Å²) < 4.78 is 4.67. The number of piperazine rings is 1. The Kier molecular flexibility index (Phi) is 6.98. The number of anilines is 1. The van der Waals surface area contributed by atoms with Gasteiger partial charge in [-0.05, 0) is 30.7 Å². The Balaban J connectivity index is 1.46. The van der Waals surface area contributed by atoms with Gasteiger partial charge in [-0.3, -0.25) is 9.59 Å². The average Bonchev–Trinajstić information content (AvgIpc) is 3.27. The van der Waals surface area contributed by atoms with Crippen LogP contribution in [0.25, 0.3) is 11.1 Å². The third-order valence-electron chi connectivity index (χ3n) is 5.92. The maximum absolute atomic E-state index is 12.6. The topological polar surface area (TPSA) is 119 Å². The lowest BCUT2D eigenvalue weighted by atomic mass is 10.0. The predicted molar refractivity (Wildman–Crippen MR) is 129 cm³/mol. The molecule has 1 aliphatic heterocycles. The summed E-state index contributed by atoms with van der Waals surface area (Å²) in [6.07, 6.45) is 1.83. The molecule has 0 N–H and O–H groups in total. The number of carbonyl (C=O) groups excluding carboxylic acids is 2. The van der Waals surface area contributed by atoms with Crippen molar-refractivity contribution < 1.29 is 14.2 Å². The van der Waals surface area contributed by atoms with E-state index in [1.165, 1.54) is 4.90 Å². The zero-order valence-electron chi connectivity index (χ0n) is 19.7. The van der Waals surface area contributed by atoms with Crippen LogP contribution in [0.4, 0.5) is 5.82 Å². The molecular weight excluding hydrogens is 470 g/mol. The first kappa shape index (κ1) is 24.2. The fourth-order valence-corrected chi connectivity index (χ4v) is 4.15. The van der Waals surface area contributed by atoms with E-state index in [-0.39, 0.29) is 18.2 Å².